The van der Waals surface area contributed by atoms with Gasteiger partial charge in [-0.25, -0.2) is 4.57 Å². The number of benzene rings is 3. The summed E-state index contributed by atoms with van der Waals surface area (Å²) in [5.41, 5.74) is 10.0. The molecule has 2 heterocycles. The molecule has 0 bridgehead atoms. The molecule has 6 rings (SSSR count). The van der Waals surface area contributed by atoms with Gasteiger partial charge in [-0.2, -0.15) is 0 Å². The summed E-state index contributed by atoms with van der Waals surface area (Å²) in [6, 6.07) is 28.8. The van der Waals surface area contributed by atoms with Gasteiger partial charge in [0.25, 0.3) is 0 Å². The van der Waals surface area contributed by atoms with Gasteiger partial charge in [-0.3, -0.25) is 0 Å². The molecule has 244 valence electrons. The Morgan fingerprint density at radius 1 is 0.729 bits per heavy atom. The van der Waals surface area contributed by atoms with Gasteiger partial charge >= 0.3 is 0 Å². The zero-order valence-electron chi connectivity index (χ0n) is 28.4. The van der Waals surface area contributed by atoms with Crippen molar-refractivity contribution in [2.75, 3.05) is 55.5 Å². The summed E-state index contributed by atoms with van der Waals surface area (Å²) < 4.78 is 2.17. The normalized spacial score (nSPS) is 15.7. The van der Waals surface area contributed by atoms with Gasteiger partial charge in [-0.05, 0) is 64.2 Å². The number of rotatable bonds is 13. The van der Waals surface area contributed by atoms with E-state index in [4.69, 9.17) is 0 Å². The van der Waals surface area contributed by atoms with Gasteiger partial charge in [0.15, 0.2) is 6.20 Å². The number of nitrogens with zero attached hydrogens (tertiary/aromatic N) is 4. The van der Waals surface area contributed by atoms with Gasteiger partial charge in [0.05, 0.1) is 11.4 Å². The van der Waals surface area contributed by atoms with E-state index < -0.39 is 0 Å². The maximum Gasteiger partial charge on any atom is 0.212 e. The number of anilines is 2. The molecule has 0 radical (unpaired) electrons. The van der Waals surface area contributed by atoms with Crippen LogP contribution in [-0.2, 0) is 7.05 Å². The highest BCUT2D eigenvalue weighted by atomic mass is 33.1. The van der Waals surface area contributed by atoms with E-state index in [-0.39, 0.29) is 0 Å². The number of hydrogen-bond acceptors (Lipinski definition) is 5. The molecule has 3 aromatic carbocycles. The van der Waals surface area contributed by atoms with Crippen LogP contribution in [0.1, 0.15) is 16.7 Å². The van der Waals surface area contributed by atoms with Crippen LogP contribution in [-0.4, -0.2) is 56.7 Å². The van der Waals surface area contributed by atoms with Crippen molar-refractivity contribution in [3.8, 4) is 0 Å². The lowest BCUT2D eigenvalue weighted by Gasteiger charge is -2.31. The molecule has 2 aliphatic rings. The van der Waals surface area contributed by atoms with Gasteiger partial charge in [0, 0.05) is 75.4 Å². The number of aromatic nitrogens is 1. The molecule has 1 unspecified atom stereocenters. The quantitative estimate of drug-likeness (QED) is 0.0799. The molecule has 4 aromatic rings. The van der Waals surface area contributed by atoms with E-state index in [2.05, 4.69) is 193 Å². The van der Waals surface area contributed by atoms with E-state index in [1.807, 2.05) is 21.6 Å². The molecule has 48 heavy (non-hydrogen) atoms. The lowest BCUT2D eigenvalue weighted by Crippen LogP contribution is -2.30. The van der Waals surface area contributed by atoms with Crippen molar-refractivity contribution >= 4 is 62.1 Å². The zero-order valence-corrected chi connectivity index (χ0v) is 30.0. The third kappa shape index (κ3) is 8.36. The standard InChI is InChI=1S/C42H45N4S2/c1-43(37-21-15-33(16-22-37)13-19-35-25-27-45(3)41-11-7-5-9-39(35)41)29-31-47-48-32-30-44(2)38-23-17-34(18-24-38)14-20-36-26-28-46(4)42-12-8-6-10-40(36)42/h5-28,41H,29-32H2,1-4H3/q+1. The van der Waals surface area contributed by atoms with Crippen LogP contribution in [0.25, 0.3) is 29.1 Å². The predicted octanol–water partition coefficient (Wildman–Crippen LogP) is 9.05. The van der Waals surface area contributed by atoms with Crippen molar-refractivity contribution < 1.29 is 4.57 Å². The largest absolute Gasteiger partial charge is 0.374 e. The molecule has 4 nitrogen and oxygen atoms in total. The van der Waals surface area contributed by atoms with Crippen molar-refractivity contribution in [2.24, 2.45) is 7.05 Å². The number of allylic oxidation sites excluding steroid dienone is 5. The fourth-order valence-corrected chi connectivity index (χ4v) is 8.09. The van der Waals surface area contributed by atoms with Crippen molar-refractivity contribution in [3.05, 3.63) is 156 Å². The topological polar surface area (TPSA) is 13.6 Å². The smallest absolute Gasteiger partial charge is 0.212 e. The number of likely N-dealkylation sites (N-methyl/N-ethyl adjacent to an activating group) is 1. The van der Waals surface area contributed by atoms with E-state index in [9.17, 15) is 0 Å². The summed E-state index contributed by atoms with van der Waals surface area (Å²) >= 11 is 0. The Morgan fingerprint density at radius 3 is 2.02 bits per heavy atom. The van der Waals surface area contributed by atoms with E-state index in [1.54, 1.807) is 0 Å². The molecule has 0 amide bonds. The van der Waals surface area contributed by atoms with E-state index >= 15 is 0 Å². The second kappa shape index (κ2) is 16.1. The second-order valence-electron chi connectivity index (χ2n) is 12.3. The highest BCUT2D eigenvalue weighted by Gasteiger charge is 2.19. The van der Waals surface area contributed by atoms with E-state index in [0.717, 1.165) is 24.6 Å². The first kappa shape index (κ1) is 33.5. The van der Waals surface area contributed by atoms with Gasteiger partial charge < -0.3 is 14.7 Å². The van der Waals surface area contributed by atoms with Gasteiger partial charge in [0.1, 0.15) is 7.05 Å². The maximum absolute atomic E-state index is 2.34. The molecule has 0 fully saturated rings. The Labute approximate surface area is 294 Å². The third-order valence-corrected chi connectivity index (χ3v) is 11.4. The lowest BCUT2D eigenvalue weighted by atomic mass is 9.92. The average molecular weight is 670 g/mol. The van der Waals surface area contributed by atoms with Crippen LogP contribution in [0.15, 0.2) is 139 Å². The van der Waals surface area contributed by atoms with Crippen LogP contribution in [0.5, 0.6) is 0 Å². The highest BCUT2D eigenvalue weighted by Crippen LogP contribution is 2.28. The molecular formula is C42H45N4S2+. The molecule has 0 N–H and O–H groups in total. The monoisotopic (exact) mass is 669 g/mol. The molecule has 0 spiro atoms. The Morgan fingerprint density at radius 2 is 1.35 bits per heavy atom. The van der Waals surface area contributed by atoms with Crippen molar-refractivity contribution in [2.45, 2.75) is 6.04 Å². The molecule has 6 heteroatoms. The predicted molar refractivity (Wildman–Crippen MR) is 213 cm³/mol. The van der Waals surface area contributed by atoms with Crippen LogP contribution < -0.4 is 14.4 Å². The molecule has 1 aliphatic carbocycles. The van der Waals surface area contributed by atoms with Crippen LogP contribution in [0, 0.1) is 0 Å². The first-order valence-electron chi connectivity index (χ1n) is 16.6. The third-order valence-electron chi connectivity index (χ3n) is 9.01. The second-order valence-corrected chi connectivity index (χ2v) is 15.0. The van der Waals surface area contributed by atoms with Gasteiger partial charge in [-0.1, -0.05) is 107 Å². The minimum absolute atomic E-state index is 0.324. The summed E-state index contributed by atoms with van der Waals surface area (Å²) in [4.78, 5) is 6.94. The summed E-state index contributed by atoms with van der Waals surface area (Å²) in [6.45, 7) is 2.04. The van der Waals surface area contributed by atoms with Crippen LogP contribution in [0.3, 0.4) is 0 Å². The number of fused-ring (bicyclic) bond motifs is 2. The van der Waals surface area contributed by atoms with Crippen molar-refractivity contribution in [1.29, 1.82) is 0 Å². The zero-order chi connectivity index (χ0) is 33.3. The summed E-state index contributed by atoms with van der Waals surface area (Å²) in [6.07, 6.45) is 24.1. The minimum atomic E-state index is 0.324. The summed E-state index contributed by atoms with van der Waals surface area (Å²) in [7, 11) is 12.5. The number of hydrogen-bond donors (Lipinski definition) is 0. The number of pyridine rings is 1. The molecule has 1 aromatic heterocycles. The van der Waals surface area contributed by atoms with E-state index in [1.165, 1.54) is 50.1 Å². The van der Waals surface area contributed by atoms with Crippen LogP contribution in [0.2, 0.25) is 0 Å². The fraction of sp³-hybridized carbons (Fsp3) is 0.214. The Kier molecular flexibility index (Phi) is 11.3. The van der Waals surface area contributed by atoms with Crippen molar-refractivity contribution in [1.82, 2.24) is 4.90 Å². The Bertz CT molecular complexity index is 1880. The minimum Gasteiger partial charge on any atom is -0.374 e. The number of para-hydroxylation sites is 1. The summed E-state index contributed by atoms with van der Waals surface area (Å²) in [5.74, 6) is 2.17. The number of aryl methyl sites for hydroxylation is 1. The Balaban J connectivity index is 0.905. The average Bonchev–Trinajstić information content (AvgIpc) is 3.13. The van der Waals surface area contributed by atoms with E-state index in [0.29, 0.717) is 6.04 Å². The maximum atomic E-state index is 2.34. The molecule has 0 saturated heterocycles. The van der Waals surface area contributed by atoms with Crippen LogP contribution in [0.4, 0.5) is 11.4 Å². The first-order valence-corrected chi connectivity index (χ1v) is 19.0. The lowest BCUT2D eigenvalue weighted by molar-refractivity contribution is -0.644. The molecule has 1 aliphatic heterocycles. The van der Waals surface area contributed by atoms with Gasteiger partial charge in [0.2, 0.25) is 5.52 Å². The summed E-state index contributed by atoms with van der Waals surface area (Å²) in [5, 5.41) is 1.27. The SMILES string of the molecule is CN(CCSSCCN(C)c1ccc(C=Cc2cc[n+](C)c3ccccc23)cc1)c1ccc(C=CC2=C3C=CC=CC3N(C)C=C2)cc1. The molecular weight excluding hydrogens is 625 g/mol. The van der Waals surface area contributed by atoms with Crippen LogP contribution >= 0.6 is 21.6 Å². The molecule has 1 atom stereocenters. The first-order chi connectivity index (χ1) is 23.5. The van der Waals surface area contributed by atoms with Crippen molar-refractivity contribution in [3.63, 3.8) is 0 Å². The van der Waals surface area contributed by atoms with Gasteiger partial charge in [-0.15, -0.1) is 0 Å². The highest BCUT2D eigenvalue weighted by molar-refractivity contribution is 8.76. The Hall–Kier alpha value is -4.39. The molecule has 0 saturated carbocycles. The fourth-order valence-electron chi connectivity index (χ4n) is 6.00.